The van der Waals surface area contributed by atoms with Crippen LogP contribution in [-0.4, -0.2) is 18.1 Å². The quantitative estimate of drug-likeness (QED) is 0.623. The number of aromatic nitrogens is 1. The van der Waals surface area contributed by atoms with Gasteiger partial charge in [-0.3, -0.25) is 4.98 Å². The number of aryl methyl sites for hydroxylation is 1. The second-order valence-corrected chi connectivity index (χ2v) is 5.84. The lowest BCUT2D eigenvalue weighted by molar-refractivity contribution is -0.149. The number of methoxy groups -OCH3 is 1. The number of pyridine rings is 1. The molecular formula is C21H21NO3. The summed E-state index contributed by atoms with van der Waals surface area (Å²) >= 11 is 0. The number of esters is 1. The first-order chi connectivity index (χ1) is 12.2. The van der Waals surface area contributed by atoms with Gasteiger partial charge in [-0.2, -0.15) is 0 Å². The molecular weight excluding hydrogens is 314 g/mol. The van der Waals surface area contributed by atoms with Crippen molar-refractivity contribution in [3.8, 4) is 5.75 Å². The van der Waals surface area contributed by atoms with Crippen molar-refractivity contribution < 1.29 is 14.3 Å². The standard InChI is InChI=1S/C21H21NO3/c1-3-7-17-11-10-16-14-18(12-13-19(16)22-17)25-20(21(23)24-2)15-8-5-4-6-9-15/h4-6,8-14,20H,3,7H2,1-2H3. The monoisotopic (exact) mass is 335 g/mol. The van der Waals surface area contributed by atoms with Crippen LogP contribution < -0.4 is 4.74 Å². The Labute approximate surface area is 147 Å². The lowest BCUT2D eigenvalue weighted by Crippen LogP contribution is -2.20. The van der Waals surface area contributed by atoms with E-state index in [1.54, 1.807) is 0 Å². The summed E-state index contributed by atoms with van der Waals surface area (Å²) in [4.78, 5) is 16.8. The van der Waals surface area contributed by atoms with Gasteiger partial charge in [-0.15, -0.1) is 0 Å². The lowest BCUT2D eigenvalue weighted by atomic mass is 10.1. The number of carbonyl (C=O) groups is 1. The third-order valence-corrected chi connectivity index (χ3v) is 4.00. The molecule has 0 saturated heterocycles. The molecule has 1 heterocycles. The molecule has 25 heavy (non-hydrogen) atoms. The number of ether oxygens (including phenoxy) is 2. The zero-order valence-electron chi connectivity index (χ0n) is 14.4. The number of nitrogens with zero attached hydrogens (tertiary/aromatic N) is 1. The number of hydrogen-bond donors (Lipinski definition) is 0. The molecule has 0 radical (unpaired) electrons. The predicted molar refractivity (Wildman–Crippen MR) is 97.6 cm³/mol. The second-order valence-electron chi connectivity index (χ2n) is 5.84. The SMILES string of the molecule is CCCc1ccc2cc(OC(C(=O)OC)c3ccccc3)ccc2n1. The minimum atomic E-state index is -0.795. The predicted octanol–water partition coefficient (Wildman–Crippen LogP) is 4.48. The van der Waals surface area contributed by atoms with Crippen molar-refractivity contribution in [3.05, 3.63) is 71.9 Å². The van der Waals surface area contributed by atoms with Gasteiger partial charge in [0, 0.05) is 16.6 Å². The molecule has 1 aromatic heterocycles. The van der Waals surface area contributed by atoms with Gasteiger partial charge in [0.05, 0.1) is 12.6 Å². The van der Waals surface area contributed by atoms with Gasteiger partial charge in [-0.05, 0) is 30.7 Å². The Kier molecular flexibility index (Phi) is 5.29. The number of hydrogen-bond acceptors (Lipinski definition) is 4. The highest BCUT2D eigenvalue weighted by Crippen LogP contribution is 2.26. The maximum Gasteiger partial charge on any atom is 0.351 e. The van der Waals surface area contributed by atoms with Crippen LogP contribution in [0.25, 0.3) is 10.9 Å². The van der Waals surface area contributed by atoms with Crippen LogP contribution in [0.2, 0.25) is 0 Å². The van der Waals surface area contributed by atoms with Gasteiger partial charge in [-0.1, -0.05) is 49.7 Å². The molecule has 0 aliphatic heterocycles. The van der Waals surface area contributed by atoms with E-state index < -0.39 is 12.1 Å². The van der Waals surface area contributed by atoms with E-state index in [2.05, 4.69) is 11.9 Å². The van der Waals surface area contributed by atoms with Crippen LogP contribution >= 0.6 is 0 Å². The Morgan fingerprint density at radius 2 is 1.88 bits per heavy atom. The van der Waals surface area contributed by atoms with Crippen molar-refractivity contribution in [2.45, 2.75) is 25.9 Å². The van der Waals surface area contributed by atoms with Gasteiger partial charge < -0.3 is 9.47 Å². The summed E-state index contributed by atoms with van der Waals surface area (Å²) in [6.45, 7) is 2.14. The molecule has 0 N–H and O–H groups in total. The highest BCUT2D eigenvalue weighted by atomic mass is 16.6. The Morgan fingerprint density at radius 1 is 1.08 bits per heavy atom. The van der Waals surface area contributed by atoms with Gasteiger partial charge in [0.25, 0.3) is 0 Å². The number of rotatable bonds is 6. The van der Waals surface area contributed by atoms with Gasteiger partial charge in [0.2, 0.25) is 6.10 Å². The molecule has 0 amide bonds. The molecule has 0 spiro atoms. The van der Waals surface area contributed by atoms with Gasteiger partial charge in [-0.25, -0.2) is 4.79 Å². The van der Waals surface area contributed by atoms with E-state index in [1.165, 1.54) is 7.11 Å². The van der Waals surface area contributed by atoms with Gasteiger partial charge >= 0.3 is 5.97 Å². The first kappa shape index (κ1) is 17.0. The largest absolute Gasteiger partial charge is 0.474 e. The highest BCUT2D eigenvalue weighted by molar-refractivity contribution is 5.81. The number of carbonyl (C=O) groups excluding carboxylic acids is 1. The summed E-state index contributed by atoms with van der Waals surface area (Å²) in [6.07, 6.45) is 1.24. The van der Waals surface area contributed by atoms with Crippen molar-refractivity contribution in [1.29, 1.82) is 0 Å². The van der Waals surface area contributed by atoms with Crippen molar-refractivity contribution >= 4 is 16.9 Å². The van der Waals surface area contributed by atoms with Gasteiger partial charge in [0.15, 0.2) is 0 Å². The molecule has 0 fully saturated rings. The third-order valence-electron chi connectivity index (χ3n) is 4.00. The average molecular weight is 335 g/mol. The van der Waals surface area contributed by atoms with E-state index in [9.17, 15) is 4.79 Å². The van der Waals surface area contributed by atoms with Crippen molar-refractivity contribution in [3.63, 3.8) is 0 Å². The molecule has 0 saturated carbocycles. The molecule has 1 unspecified atom stereocenters. The van der Waals surface area contributed by atoms with E-state index in [0.717, 1.165) is 35.0 Å². The highest BCUT2D eigenvalue weighted by Gasteiger charge is 2.23. The van der Waals surface area contributed by atoms with Crippen LogP contribution in [0.4, 0.5) is 0 Å². The Morgan fingerprint density at radius 3 is 2.60 bits per heavy atom. The minimum absolute atomic E-state index is 0.428. The Hall–Kier alpha value is -2.88. The van der Waals surface area contributed by atoms with Crippen LogP contribution in [-0.2, 0) is 16.0 Å². The summed E-state index contributed by atoms with van der Waals surface area (Å²) < 4.78 is 10.8. The van der Waals surface area contributed by atoms with Gasteiger partial charge in [0.1, 0.15) is 5.75 Å². The van der Waals surface area contributed by atoms with E-state index in [0.29, 0.717) is 5.75 Å². The second kappa shape index (κ2) is 7.79. The molecule has 0 bridgehead atoms. The maximum atomic E-state index is 12.1. The molecule has 4 heteroatoms. The number of benzene rings is 2. The van der Waals surface area contributed by atoms with Crippen molar-refractivity contribution in [1.82, 2.24) is 4.98 Å². The first-order valence-corrected chi connectivity index (χ1v) is 8.40. The molecule has 1 atom stereocenters. The fourth-order valence-corrected chi connectivity index (χ4v) is 2.74. The number of fused-ring (bicyclic) bond motifs is 1. The Bertz CT molecular complexity index is 861. The summed E-state index contributed by atoms with van der Waals surface area (Å²) in [7, 11) is 1.36. The summed E-state index contributed by atoms with van der Waals surface area (Å²) in [6, 6.07) is 19.1. The zero-order valence-corrected chi connectivity index (χ0v) is 14.4. The van der Waals surface area contributed by atoms with Crippen LogP contribution in [0.1, 0.15) is 30.7 Å². The first-order valence-electron chi connectivity index (χ1n) is 8.40. The summed E-state index contributed by atoms with van der Waals surface area (Å²) in [5, 5.41) is 0.981. The van der Waals surface area contributed by atoms with Crippen LogP contribution in [0.3, 0.4) is 0 Å². The topological polar surface area (TPSA) is 48.4 Å². The van der Waals surface area contributed by atoms with E-state index in [1.807, 2.05) is 60.7 Å². The maximum absolute atomic E-state index is 12.1. The van der Waals surface area contributed by atoms with Crippen LogP contribution in [0, 0.1) is 0 Å². The molecule has 4 nitrogen and oxygen atoms in total. The average Bonchev–Trinajstić information content (AvgIpc) is 2.66. The van der Waals surface area contributed by atoms with Crippen LogP contribution in [0.5, 0.6) is 5.75 Å². The molecule has 0 aliphatic rings. The van der Waals surface area contributed by atoms with Crippen molar-refractivity contribution in [2.24, 2.45) is 0 Å². The summed E-state index contributed by atoms with van der Waals surface area (Å²) in [5.41, 5.74) is 2.76. The molecule has 2 aromatic carbocycles. The zero-order chi connectivity index (χ0) is 17.6. The molecule has 3 rings (SSSR count). The minimum Gasteiger partial charge on any atom is -0.474 e. The van der Waals surface area contributed by atoms with Crippen molar-refractivity contribution in [2.75, 3.05) is 7.11 Å². The normalized spacial score (nSPS) is 11.9. The van der Waals surface area contributed by atoms with Crippen LogP contribution in [0.15, 0.2) is 60.7 Å². The van der Waals surface area contributed by atoms with E-state index in [4.69, 9.17) is 9.47 Å². The smallest absolute Gasteiger partial charge is 0.351 e. The van der Waals surface area contributed by atoms with E-state index in [-0.39, 0.29) is 0 Å². The molecule has 128 valence electrons. The molecule has 3 aromatic rings. The fraction of sp³-hybridized carbons (Fsp3) is 0.238. The fourth-order valence-electron chi connectivity index (χ4n) is 2.74. The summed E-state index contributed by atoms with van der Waals surface area (Å²) in [5.74, 6) is 0.180. The molecule has 0 aliphatic carbocycles. The third kappa shape index (κ3) is 3.97. The Balaban J connectivity index is 1.89. The van der Waals surface area contributed by atoms with E-state index >= 15 is 0 Å². The lowest BCUT2D eigenvalue weighted by Gasteiger charge is -2.17.